The first kappa shape index (κ1) is 90.3. The number of phenols is 2. The number of hydrogen-bond acceptors (Lipinski definition) is 14. The second-order valence-corrected chi connectivity index (χ2v) is 42.3. The minimum absolute atomic E-state index is 0. The summed E-state index contributed by atoms with van der Waals surface area (Å²) in [7, 11) is -3.51. The fourth-order valence-electron chi connectivity index (χ4n) is 11.5. The van der Waals surface area contributed by atoms with Crippen LogP contribution < -0.4 is 8.71 Å². The van der Waals surface area contributed by atoms with Crippen molar-refractivity contribution in [3.8, 4) is 35.1 Å². The second-order valence-electron chi connectivity index (χ2n) is 25.8. The second kappa shape index (κ2) is 43.2. The molecule has 0 saturated heterocycles. The van der Waals surface area contributed by atoms with Crippen LogP contribution in [-0.2, 0) is 32.5 Å². The van der Waals surface area contributed by atoms with Gasteiger partial charge in [-0.15, -0.1) is 0 Å². The van der Waals surface area contributed by atoms with Crippen LogP contribution in [0.3, 0.4) is 0 Å². The average molecular weight is 1570 g/mol. The number of rotatable bonds is 18. The Morgan fingerprint density at radius 1 is 0.592 bits per heavy atom. The Kier molecular flexibility index (Phi) is 39.7. The molecular weight excluding hydrogens is 1460 g/mol. The first-order chi connectivity index (χ1) is 45.5. The number of aromatic hydroxyl groups is 2. The number of nitriles is 2. The molecule has 0 spiro atoms. The van der Waals surface area contributed by atoms with Crippen molar-refractivity contribution in [3.05, 3.63) is 183 Å². The Morgan fingerprint density at radius 3 is 1.34 bits per heavy atom. The van der Waals surface area contributed by atoms with E-state index in [4.69, 9.17) is 19.8 Å². The molecule has 98 heavy (non-hydrogen) atoms. The number of carbonyl (C=O) groups is 1. The van der Waals surface area contributed by atoms with Crippen LogP contribution in [0.5, 0.6) is 23.0 Å². The molecule has 1 aliphatic rings. The first-order valence-corrected chi connectivity index (χ1v) is 44.0. The summed E-state index contributed by atoms with van der Waals surface area (Å²) in [6, 6.07) is 27.2. The molecule has 14 nitrogen and oxygen atoms in total. The van der Waals surface area contributed by atoms with Gasteiger partial charge in [0.2, 0.25) is 0 Å². The van der Waals surface area contributed by atoms with Crippen LogP contribution in [0.15, 0.2) is 77.3 Å². The number of benzene rings is 6. The van der Waals surface area contributed by atoms with Crippen molar-refractivity contribution in [2.75, 3.05) is 0 Å². The molecular formula is C77H110BrF3N2O12PSSn+. The first-order valence-electron chi connectivity index (χ1n) is 33.2. The summed E-state index contributed by atoms with van der Waals surface area (Å²) in [5.41, 5.74) is 11.5. The topological polar surface area (TPSA) is 248 Å². The maximum atomic E-state index is 12.3. The Labute approximate surface area is 599 Å². The molecule has 1 aliphatic heterocycles. The van der Waals surface area contributed by atoms with E-state index in [1.165, 1.54) is 100 Å². The summed E-state index contributed by atoms with van der Waals surface area (Å²) in [4.78, 5) is 11.3. The van der Waals surface area contributed by atoms with Crippen LogP contribution in [0.1, 0.15) is 232 Å². The van der Waals surface area contributed by atoms with E-state index in [2.05, 4.69) is 101 Å². The van der Waals surface area contributed by atoms with Crippen LogP contribution in [0.25, 0.3) is 0 Å². The molecule has 542 valence electrons. The Morgan fingerprint density at radius 2 is 0.959 bits per heavy atom. The van der Waals surface area contributed by atoms with Gasteiger partial charge in [0.05, 0.1) is 57.3 Å². The van der Waals surface area contributed by atoms with E-state index in [1.807, 2.05) is 85.7 Å². The fourth-order valence-corrected chi connectivity index (χ4v) is 27.4. The number of ether oxygens (including phenoxy) is 1. The van der Waals surface area contributed by atoms with Gasteiger partial charge in [0.15, 0.2) is 5.75 Å². The number of aliphatic hydroxyl groups is 4. The van der Waals surface area contributed by atoms with Crippen molar-refractivity contribution in [1.29, 1.82) is 10.5 Å². The van der Waals surface area contributed by atoms with Gasteiger partial charge in [-0.25, -0.2) is 0 Å². The molecule has 0 amide bonds. The average Bonchev–Trinajstić information content (AvgIpc) is 0.828. The number of aliphatic hydroxyl groups excluding tert-OH is 4. The van der Waals surface area contributed by atoms with Gasteiger partial charge in [-0.2, -0.15) is 26.9 Å². The molecule has 21 heteroatoms. The van der Waals surface area contributed by atoms with Crippen LogP contribution in [0, 0.1) is 106 Å². The molecule has 0 radical (unpaired) electrons. The monoisotopic (exact) mass is 1570 g/mol. The molecule has 6 aromatic rings. The Hall–Kier alpha value is -5.74. The third kappa shape index (κ3) is 29.5. The number of unbranched alkanes of at least 4 members (excludes halogenated alkanes) is 3. The SMILES string of the molecule is CCC[CH2][Sn]([CH2]C#N)([CH2]CCC)[CH2]CCC.Cc1cc(C)c(CC#N)c(C(C)O)c1.Cc1cc(C)c(O)c(C(C)O)c1.Cc1cc(C)c(O)c(C(C)O)c1.Cc1cc(C)c(OP)c(Br)c1.Cc1cc(C)c(OS(=O)(=O)C(F)(F)F)c(C(C)O)c1.Cc1cc(C)c2c(c1)C(C)OC(=O)C2.[H+]. The van der Waals surface area contributed by atoms with Crippen molar-refractivity contribution in [2.45, 2.75) is 244 Å². The maximum Gasteiger partial charge on any atom is 1.00 e. The quantitative estimate of drug-likeness (QED) is 0.0154. The van der Waals surface area contributed by atoms with Gasteiger partial charge in [0.25, 0.3) is 0 Å². The van der Waals surface area contributed by atoms with Crippen LogP contribution in [-0.4, -0.2) is 68.9 Å². The number of carbonyl (C=O) groups excluding carboxylic acids is 1. The van der Waals surface area contributed by atoms with E-state index in [0.717, 1.165) is 70.3 Å². The predicted octanol–water partition coefficient (Wildman–Crippen LogP) is 20.3. The summed E-state index contributed by atoms with van der Waals surface area (Å²) >= 11 is 1.40. The molecule has 1 heterocycles. The van der Waals surface area contributed by atoms with Crippen LogP contribution >= 0.6 is 25.4 Å². The largest absolute Gasteiger partial charge is 1.00 e. The minimum Gasteiger partial charge on any atom is -0.507 e. The van der Waals surface area contributed by atoms with Crippen LogP contribution in [0.2, 0.25) is 17.7 Å². The number of esters is 1. The summed E-state index contributed by atoms with van der Waals surface area (Å²) in [6.45, 7) is 37.9. The normalized spacial score (nSPS) is 13.5. The minimum atomic E-state index is -5.75. The molecule has 6 unspecified atom stereocenters. The van der Waals surface area contributed by atoms with Crippen molar-refractivity contribution in [1.82, 2.24) is 0 Å². The molecule has 6 N–H and O–H groups in total. The molecule has 0 bridgehead atoms. The maximum absolute atomic E-state index is 12.3. The van der Waals surface area contributed by atoms with Gasteiger partial charge in [-0.1, -0.05) is 76.3 Å². The van der Waals surface area contributed by atoms with Gasteiger partial charge < -0.3 is 44.1 Å². The predicted molar refractivity (Wildman–Crippen MR) is 399 cm³/mol. The molecule has 0 aliphatic carbocycles. The molecule has 6 atom stereocenters. The standard InChI is InChI=1S/C12H15NO.C12H14O2.C11H13F3O4S.2C10H14O2.C8H10BrOP.3C4H9.C2H2N.Sn/c1-8-6-9(2)11(4-5-13)12(7-8)10(3)14;1-7-4-8(2)10-6-12(13)14-9(3)11(10)5-7;1-6-4-7(2)10(9(5-6)8(3)15)18-19(16,17)11(12,13)14;2*1-6-4-7(2)10(12)9(5-6)8(3)11;1-5-3-6(2)8(10-11)7(9)4-5;3*1-3-4-2;1-2-3;/h6-7,10,14H,4H2,1-3H3;4-5,9H,6H2,1-3H3;4-5,8,15H,1-3H3;2*4-5,8,11-12H,1-3H3;3-4H,11H2,1-2H3;3*1,3-4H2,2H3;1H2;/p+1. The molecule has 6 aromatic carbocycles. The molecule has 0 fully saturated rings. The van der Waals surface area contributed by atoms with E-state index < -0.39 is 64.2 Å². The van der Waals surface area contributed by atoms with Gasteiger partial charge in [0.1, 0.15) is 23.4 Å². The van der Waals surface area contributed by atoms with Crippen molar-refractivity contribution < 1.29 is 71.9 Å². The summed E-state index contributed by atoms with van der Waals surface area (Å²) in [6.07, 6.45) is 5.89. The van der Waals surface area contributed by atoms with Crippen molar-refractivity contribution in [3.63, 3.8) is 0 Å². The number of nitrogens with zero attached hydrogens (tertiary/aromatic N) is 2. The Balaban J connectivity index is 0.00000114. The van der Waals surface area contributed by atoms with Crippen molar-refractivity contribution in [2.24, 2.45) is 0 Å². The fraction of sp³-hybridized carbons (Fsp3) is 0.494. The number of phenolic OH excluding ortho intramolecular Hbond substituents is 2. The number of hydrogen-bond donors (Lipinski definition) is 6. The number of fused-ring (bicyclic) bond motifs is 1. The molecule has 0 saturated carbocycles. The van der Waals surface area contributed by atoms with Gasteiger partial charge >= 0.3 is 130 Å². The number of aryl methyl sites for hydroxylation is 12. The third-order valence-electron chi connectivity index (χ3n) is 16.4. The zero-order chi connectivity index (χ0) is 75.3. The summed E-state index contributed by atoms with van der Waals surface area (Å²) < 4.78 is 79.7. The summed E-state index contributed by atoms with van der Waals surface area (Å²) in [5, 5.41) is 74.5. The zero-order valence-corrected chi connectivity index (χ0v) is 67.7. The van der Waals surface area contributed by atoms with Gasteiger partial charge in [-0.05, 0) is 219 Å². The van der Waals surface area contributed by atoms with Gasteiger partial charge in [0, 0.05) is 16.7 Å². The molecule has 7 rings (SSSR count). The van der Waals surface area contributed by atoms with Crippen molar-refractivity contribution >= 4 is 59.9 Å². The van der Waals surface area contributed by atoms with Crippen LogP contribution in [0.4, 0.5) is 13.2 Å². The number of halogens is 4. The Bertz CT molecular complexity index is 3650. The van der Waals surface area contributed by atoms with E-state index in [9.17, 15) is 57.0 Å². The van der Waals surface area contributed by atoms with E-state index in [-0.39, 0.29) is 36.1 Å². The smallest absolute Gasteiger partial charge is 0.507 e. The van der Waals surface area contributed by atoms with E-state index in [0.29, 0.717) is 29.5 Å². The summed E-state index contributed by atoms with van der Waals surface area (Å²) in [5.74, 6) is 0.696. The zero-order valence-electron chi connectivity index (χ0n) is 62.3. The number of alkyl halides is 3. The van der Waals surface area contributed by atoms with E-state index in [1.54, 1.807) is 39.8 Å². The van der Waals surface area contributed by atoms with E-state index >= 15 is 0 Å². The molecule has 0 aromatic heterocycles. The number of cyclic esters (lactones) is 1. The van der Waals surface area contributed by atoms with Gasteiger partial charge in [-0.3, -0.25) is 4.79 Å². The third-order valence-corrected chi connectivity index (χ3v) is 32.9.